The van der Waals surface area contributed by atoms with Gasteiger partial charge in [0.25, 0.3) is 0 Å². The highest BCUT2D eigenvalue weighted by molar-refractivity contribution is 5.69. The van der Waals surface area contributed by atoms with Gasteiger partial charge in [-0.3, -0.25) is 4.79 Å². The van der Waals surface area contributed by atoms with Gasteiger partial charge in [0.15, 0.2) is 0 Å². The van der Waals surface area contributed by atoms with Gasteiger partial charge >= 0.3 is 5.97 Å². The van der Waals surface area contributed by atoms with Crippen molar-refractivity contribution < 1.29 is 14.6 Å². The van der Waals surface area contributed by atoms with Crippen LogP contribution >= 0.6 is 0 Å². The van der Waals surface area contributed by atoms with Gasteiger partial charge in [0.2, 0.25) is 0 Å². The molecule has 0 saturated heterocycles. The van der Waals surface area contributed by atoms with Gasteiger partial charge in [0.1, 0.15) is 5.75 Å². The smallest absolute Gasteiger partial charge is 0.305 e. The van der Waals surface area contributed by atoms with Crippen molar-refractivity contribution in [3.05, 3.63) is 29.3 Å². The highest BCUT2D eigenvalue weighted by Gasteiger charge is 2.15. The summed E-state index contributed by atoms with van der Waals surface area (Å²) in [5, 5.41) is 9.73. The molecule has 1 N–H and O–H groups in total. The molecule has 0 aliphatic rings. The molecule has 1 aromatic rings. The van der Waals surface area contributed by atoms with E-state index in [4.69, 9.17) is 0 Å². The molecule has 0 bridgehead atoms. The number of aryl methyl sites for hydroxylation is 1. The summed E-state index contributed by atoms with van der Waals surface area (Å²) in [6.45, 7) is 6.34. The quantitative estimate of drug-likeness (QED) is 0.821. The van der Waals surface area contributed by atoms with E-state index in [-0.39, 0.29) is 23.6 Å². The number of aromatic hydroxyl groups is 1. The number of phenols is 1. The average Bonchev–Trinajstić information content (AvgIpc) is 2.26. The lowest BCUT2D eigenvalue weighted by Gasteiger charge is -2.20. The van der Waals surface area contributed by atoms with E-state index in [9.17, 15) is 9.90 Å². The fourth-order valence-corrected chi connectivity index (χ4v) is 1.59. The molecule has 17 heavy (non-hydrogen) atoms. The number of esters is 1. The van der Waals surface area contributed by atoms with Crippen LogP contribution in [0.2, 0.25) is 0 Å². The summed E-state index contributed by atoms with van der Waals surface area (Å²) in [6.07, 6.45) is 0.792. The molecule has 3 heteroatoms. The Hall–Kier alpha value is -1.51. The van der Waals surface area contributed by atoms with E-state index < -0.39 is 0 Å². The normalized spacial score (nSPS) is 11.3. The second-order valence-electron chi connectivity index (χ2n) is 5.17. The molecule has 0 aliphatic heterocycles. The van der Waals surface area contributed by atoms with Crippen molar-refractivity contribution in [1.29, 1.82) is 0 Å². The van der Waals surface area contributed by atoms with Crippen LogP contribution in [-0.4, -0.2) is 18.2 Å². The summed E-state index contributed by atoms with van der Waals surface area (Å²) in [7, 11) is 1.37. The summed E-state index contributed by atoms with van der Waals surface area (Å²) >= 11 is 0. The second kappa shape index (κ2) is 5.21. The van der Waals surface area contributed by atoms with Crippen molar-refractivity contribution in [3.8, 4) is 5.75 Å². The largest absolute Gasteiger partial charge is 0.508 e. The SMILES string of the molecule is COC(=O)CCc1cc(C(C)(C)C)ccc1O. The number of hydrogen-bond donors (Lipinski definition) is 1. The van der Waals surface area contributed by atoms with Gasteiger partial charge in [0.05, 0.1) is 7.11 Å². The van der Waals surface area contributed by atoms with Gasteiger partial charge in [-0.25, -0.2) is 0 Å². The van der Waals surface area contributed by atoms with Crippen molar-refractivity contribution in [2.45, 2.75) is 39.0 Å². The predicted octanol–water partition coefficient (Wildman–Crippen LogP) is 2.80. The molecule has 0 heterocycles. The standard InChI is InChI=1S/C14H20O3/c1-14(2,3)11-6-7-12(15)10(9-11)5-8-13(16)17-4/h6-7,9,15H,5,8H2,1-4H3. The summed E-state index contributed by atoms with van der Waals surface area (Å²) in [4.78, 5) is 11.1. The molecule has 3 nitrogen and oxygen atoms in total. The van der Waals surface area contributed by atoms with Gasteiger partial charge in [0, 0.05) is 6.42 Å². The van der Waals surface area contributed by atoms with Crippen molar-refractivity contribution >= 4 is 5.97 Å². The molecule has 1 aromatic carbocycles. The van der Waals surface area contributed by atoms with E-state index in [1.807, 2.05) is 12.1 Å². The Bertz CT molecular complexity index is 402. The van der Waals surface area contributed by atoms with Crippen LogP contribution in [0.3, 0.4) is 0 Å². The van der Waals surface area contributed by atoms with Gasteiger partial charge in [-0.2, -0.15) is 0 Å². The number of carbonyl (C=O) groups excluding carboxylic acids is 1. The molecule has 0 spiro atoms. The monoisotopic (exact) mass is 236 g/mol. The Kier molecular flexibility index (Phi) is 4.16. The lowest BCUT2D eigenvalue weighted by molar-refractivity contribution is -0.140. The number of methoxy groups -OCH3 is 1. The maximum Gasteiger partial charge on any atom is 0.305 e. The van der Waals surface area contributed by atoms with Gasteiger partial charge < -0.3 is 9.84 Å². The molecule has 94 valence electrons. The molecule has 0 unspecified atom stereocenters. The number of rotatable bonds is 3. The zero-order valence-corrected chi connectivity index (χ0v) is 10.9. The number of phenolic OH excluding ortho intramolecular Hbond substituents is 1. The predicted molar refractivity (Wildman–Crippen MR) is 67.1 cm³/mol. The minimum Gasteiger partial charge on any atom is -0.508 e. The first-order valence-electron chi connectivity index (χ1n) is 5.74. The summed E-state index contributed by atoms with van der Waals surface area (Å²) in [5.41, 5.74) is 1.98. The fraction of sp³-hybridized carbons (Fsp3) is 0.500. The van der Waals surface area contributed by atoms with Crippen LogP contribution in [0.25, 0.3) is 0 Å². The minimum absolute atomic E-state index is 0.0354. The average molecular weight is 236 g/mol. The first-order chi connectivity index (χ1) is 7.84. The first kappa shape index (κ1) is 13.6. The van der Waals surface area contributed by atoms with Crippen LogP contribution < -0.4 is 0 Å². The number of benzene rings is 1. The Balaban J connectivity index is 2.88. The van der Waals surface area contributed by atoms with E-state index >= 15 is 0 Å². The van der Waals surface area contributed by atoms with Crippen molar-refractivity contribution in [2.24, 2.45) is 0 Å². The second-order valence-corrected chi connectivity index (χ2v) is 5.17. The topological polar surface area (TPSA) is 46.5 Å². The zero-order valence-electron chi connectivity index (χ0n) is 10.9. The Morgan fingerprint density at radius 1 is 1.35 bits per heavy atom. The zero-order chi connectivity index (χ0) is 13.1. The van der Waals surface area contributed by atoms with Crippen LogP contribution in [0.15, 0.2) is 18.2 Å². The maximum absolute atomic E-state index is 11.1. The van der Waals surface area contributed by atoms with E-state index in [0.29, 0.717) is 6.42 Å². The van der Waals surface area contributed by atoms with Gasteiger partial charge in [-0.05, 0) is 29.0 Å². The highest BCUT2D eigenvalue weighted by Crippen LogP contribution is 2.28. The van der Waals surface area contributed by atoms with E-state index in [2.05, 4.69) is 25.5 Å². The molecule has 0 aromatic heterocycles. The molecular formula is C14H20O3. The van der Waals surface area contributed by atoms with Crippen LogP contribution in [0.4, 0.5) is 0 Å². The number of hydrogen-bond acceptors (Lipinski definition) is 3. The maximum atomic E-state index is 11.1. The van der Waals surface area contributed by atoms with Crippen molar-refractivity contribution in [2.75, 3.05) is 7.11 Å². The van der Waals surface area contributed by atoms with Crippen molar-refractivity contribution in [3.63, 3.8) is 0 Å². The third-order valence-corrected chi connectivity index (χ3v) is 2.77. The molecular weight excluding hydrogens is 216 g/mol. The molecule has 0 radical (unpaired) electrons. The molecule has 0 saturated carbocycles. The lowest BCUT2D eigenvalue weighted by atomic mass is 9.85. The van der Waals surface area contributed by atoms with Gasteiger partial charge in [-0.1, -0.05) is 32.9 Å². The third kappa shape index (κ3) is 3.77. The molecule has 0 amide bonds. The first-order valence-corrected chi connectivity index (χ1v) is 5.74. The summed E-state index contributed by atoms with van der Waals surface area (Å²) in [5.74, 6) is -0.0209. The Labute approximate surface area is 102 Å². The van der Waals surface area contributed by atoms with E-state index in [0.717, 1.165) is 11.1 Å². The Morgan fingerprint density at radius 3 is 2.53 bits per heavy atom. The van der Waals surface area contributed by atoms with Crippen LogP contribution in [-0.2, 0) is 21.4 Å². The summed E-state index contributed by atoms with van der Waals surface area (Å²) in [6, 6.07) is 5.56. The molecule has 0 aliphatic carbocycles. The Morgan fingerprint density at radius 2 is 2.00 bits per heavy atom. The number of carbonyl (C=O) groups is 1. The van der Waals surface area contributed by atoms with Crippen LogP contribution in [0.5, 0.6) is 5.75 Å². The minimum atomic E-state index is -0.259. The number of ether oxygens (including phenoxy) is 1. The third-order valence-electron chi connectivity index (χ3n) is 2.77. The van der Waals surface area contributed by atoms with Gasteiger partial charge in [-0.15, -0.1) is 0 Å². The highest BCUT2D eigenvalue weighted by atomic mass is 16.5. The fourth-order valence-electron chi connectivity index (χ4n) is 1.59. The molecule has 0 atom stereocenters. The summed E-state index contributed by atoms with van der Waals surface area (Å²) < 4.78 is 4.59. The van der Waals surface area contributed by atoms with Crippen LogP contribution in [0.1, 0.15) is 38.3 Å². The molecule has 1 rings (SSSR count). The lowest BCUT2D eigenvalue weighted by Crippen LogP contribution is -2.11. The molecule has 0 fully saturated rings. The van der Waals surface area contributed by atoms with E-state index in [1.54, 1.807) is 6.07 Å². The van der Waals surface area contributed by atoms with Crippen LogP contribution in [0, 0.1) is 0 Å². The van der Waals surface area contributed by atoms with Crippen molar-refractivity contribution in [1.82, 2.24) is 0 Å². The van der Waals surface area contributed by atoms with E-state index in [1.165, 1.54) is 7.11 Å².